The van der Waals surface area contributed by atoms with Gasteiger partial charge in [-0.05, 0) is 24.4 Å². The quantitative estimate of drug-likeness (QED) is 0.671. The number of rotatable bonds is 2. The molecule has 0 aromatic heterocycles. The first-order valence-corrected chi connectivity index (χ1v) is 7.99. The molecule has 0 unspecified atom stereocenters. The molecule has 0 amide bonds. The summed E-state index contributed by atoms with van der Waals surface area (Å²) in [6.07, 6.45) is 3.87. The average Bonchev–Trinajstić information content (AvgIpc) is 2.53. The van der Waals surface area contributed by atoms with E-state index in [1.165, 1.54) is 0 Å². The van der Waals surface area contributed by atoms with Crippen molar-refractivity contribution in [1.82, 2.24) is 10.2 Å². The summed E-state index contributed by atoms with van der Waals surface area (Å²) in [6, 6.07) is 7.52. The zero-order valence-corrected chi connectivity index (χ0v) is 13.3. The van der Waals surface area contributed by atoms with Gasteiger partial charge in [0, 0.05) is 32.5 Å². The van der Waals surface area contributed by atoms with Gasteiger partial charge < -0.3 is 15.0 Å². The molecule has 2 heterocycles. The van der Waals surface area contributed by atoms with E-state index in [1.54, 1.807) is 6.08 Å². The summed E-state index contributed by atoms with van der Waals surface area (Å²) in [6.45, 7) is 5.96. The number of ether oxygens (including phenoxy) is 1. The van der Waals surface area contributed by atoms with Crippen molar-refractivity contribution in [3.05, 3.63) is 42.5 Å². The summed E-state index contributed by atoms with van der Waals surface area (Å²) in [5.74, 6) is 0.905. The van der Waals surface area contributed by atoms with Crippen molar-refractivity contribution >= 4 is 23.1 Å². The number of fused-ring (bicyclic) bond motifs is 1. The van der Waals surface area contributed by atoms with Gasteiger partial charge in [-0.25, -0.2) is 0 Å². The second-order valence-corrected chi connectivity index (χ2v) is 6.23. The maximum atomic E-state index is 12.4. The van der Waals surface area contributed by atoms with Crippen molar-refractivity contribution in [3.63, 3.8) is 0 Å². The lowest BCUT2D eigenvalue weighted by Gasteiger charge is -2.44. The fourth-order valence-electron chi connectivity index (χ4n) is 3.11. The second-order valence-electron chi connectivity index (χ2n) is 5.84. The van der Waals surface area contributed by atoms with E-state index in [-0.39, 0.29) is 11.4 Å². The zero-order valence-electron chi connectivity index (χ0n) is 12.5. The molecule has 0 radical (unpaired) electrons. The van der Waals surface area contributed by atoms with Crippen molar-refractivity contribution in [3.8, 4) is 5.75 Å². The number of nitrogens with zero attached hydrogens (tertiary/aromatic N) is 1. The summed E-state index contributed by atoms with van der Waals surface area (Å²) in [4.78, 5) is 14.5. The van der Waals surface area contributed by atoms with E-state index in [0.717, 1.165) is 36.8 Å². The van der Waals surface area contributed by atoms with Crippen LogP contribution in [0.15, 0.2) is 36.9 Å². The van der Waals surface area contributed by atoms with Crippen molar-refractivity contribution in [2.75, 3.05) is 19.6 Å². The third-order valence-corrected chi connectivity index (χ3v) is 4.76. The minimum atomic E-state index is -0.365. The van der Waals surface area contributed by atoms with E-state index in [0.29, 0.717) is 18.5 Å². The van der Waals surface area contributed by atoms with Crippen LogP contribution in [0.3, 0.4) is 0 Å². The number of Topliss-reactive ketones (excluding diaryl/α,β-unsaturated/α-hetero) is 1. The van der Waals surface area contributed by atoms with E-state index in [9.17, 15) is 4.79 Å². The Balaban J connectivity index is 1.67. The molecule has 0 saturated carbocycles. The Bertz CT molecular complexity index is 606. The van der Waals surface area contributed by atoms with Gasteiger partial charge in [-0.2, -0.15) is 0 Å². The Kier molecular flexibility index (Phi) is 4.16. The minimum absolute atomic E-state index is 0.183. The number of para-hydroxylation sites is 1. The predicted molar refractivity (Wildman–Crippen MR) is 90.4 cm³/mol. The highest BCUT2D eigenvalue weighted by molar-refractivity contribution is 7.80. The maximum Gasteiger partial charge on any atom is 0.170 e. The lowest BCUT2D eigenvalue weighted by molar-refractivity contribution is 0.00363. The van der Waals surface area contributed by atoms with E-state index < -0.39 is 0 Å². The van der Waals surface area contributed by atoms with Gasteiger partial charge in [0.25, 0.3) is 0 Å². The van der Waals surface area contributed by atoms with Crippen LogP contribution in [-0.2, 0) is 0 Å². The molecule has 1 aromatic carbocycles. The highest BCUT2D eigenvalue weighted by Crippen LogP contribution is 2.39. The van der Waals surface area contributed by atoms with Gasteiger partial charge in [0.1, 0.15) is 11.4 Å². The van der Waals surface area contributed by atoms with Crippen LogP contribution in [0.5, 0.6) is 5.75 Å². The molecular formula is C17H20N2O2S. The van der Waals surface area contributed by atoms with Crippen molar-refractivity contribution in [2.24, 2.45) is 0 Å². The fraction of sp³-hybridized carbons (Fsp3) is 0.412. The highest BCUT2D eigenvalue weighted by atomic mass is 32.1. The molecule has 4 nitrogen and oxygen atoms in total. The summed E-state index contributed by atoms with van der Waals surface area (Å²) < 4.78 is 6.21. The third kappa shape index (κ3) is 2.86. The number of hydrogen-bond donors (Lipinski definition) is 1. The van der Waals surface area contributed by atoms with E-state index in [2.05, 4.69) is 16.8 Å². The van der Waals surface area contributed by atoms with Crippen molar-refractivity contribution in [1.29, 1.82) is 0 Å². The smallest absolute Gasteiger partial charge is 0.170 e. The third-order valence-electron chi connectivity index (χ3n) is 4.36. The topological polar surface area (TPSA) is 41.6 Å². The fourth-order valence-corrected chi connectivity index (χ4v) is 3.38. The summed E-state index contributed by atoms with van der Waals surface area (Å²) in [5, 5.41) is 3.90. The number of hydrogen-bond acceptors (Lipinski definition) is 3. The van der Waals surface area contributed by atoms with Crippen LogP contribution >= 0.6 is 12.2 Å². The van der Waals surface area contributed by atoms with E-state index in [1.807, 2.05) is 24.3 Å². The van der Waals surface area contributed by atoms with Crippen LogP contribution in [-0.4, -0.2) is 41.0 Å². The highest BCUT2D eigenvalue weighted by Gasteiger charge is 2.43. The number of carbonyl (C=O) groups is 1. The maximum absolute atomic E-state index is 12.4. The molecular weight excluding hydrogens is 296 g/mol. The minimum Gasteiger partial charge on any atom is -0.486 e. The Hall–Kier alpha value is -1.88. The number of ketones is 1. The normalized spacial score (nSPS) is 19.3. The monoisotopic (exact) mass is 316 g/mol. The number of carbonyl (C=O) groups excluding carboxylic acids is 1. The zero-order chi connectivity index (χ0) is 15.6. The molecule has 1 N–H and O–H groups in total. The number of thiocarbonyl (C=S) groups is 1. The van der Waals surface area contributed by atoms with Gasteiger partial charge in [0.15, 0.2) is 10.9 Å². The molecule has 1 saturated heterocycles. The molecule has 5 heteroatoms. The van der Waals surface area contributed by atoms with Crippen LogP contribution in [0.2, 0.25) is 0 Å². The molecule has 1 aromatic rings. The molecule has 3 rings (SSSR count). The largest absolute Gasteiger partial charge is 0.486 e. The van der Waals surface area contributed by atoms with Gasteiger partial charge >= 0.3 is 0 Å². The Labute approximate surface area is 136 Å². The molecule has 2 aliphatic heterocycles. The first-order chi connectivity index (χ1) is 10.6. The summed E-state index contributed by atoms with van der Waals surface area (Å²) in [5.41, 5.74) is 0.342. The van der Waals surface area contributed by atoms with Gasteiger partial charge in [-0.3, -0.25) is 4.79 Å². The lowest BCUT2D eigenvalue weighted by atomic mass is 9.82. The standard InChI is InChI=1S/C17H20N2O2S/c1-2-9-18-16(22)19-10-7-17(8-11-19)12-14(20)13-5-3-4-6-15(13)21-17/h2-6H,1,7-12H2,(H,18,22). The number of benzene rings is 1. The van der Waals surface area contributed by atoms with Crippen LogP contribution in [0.25, 0.3) is 0 Å². The average molecular weight is 316 g/mol. The van der Waals surface area contributed by atoms with Crippen molar-refractivity contribution in [2.45, 2.75) is 24.9 Å². The number of nitrogens with one attached hydrogen (secondary N) is 1. The Morgan fingerprint density at radius 3 is 2.86 bits per heavy atom. The molecule has 2 aliphatic rings. The van der Waals surface area contributed by atoms with Crippen LogP contribution in [0.4, 0.5) is 0 Å². The Morgan fingerprint density at radius 1 is 1.41 bits per heavy atom. The van der Waals surface area contributed by atoms with Crippen LogP contribution in [0, 0.1) is 0 Å². The molecule has 22 heavy (non-hydrogen) atoms. The molecule has 116 valence electrons. The van der Waals surface area contributed by atoms with Gasteiger partial charge in [-0.15, -0.1) is 6.58 Å². The molecule has 1 spiro atoms. The van der Waals surface area contributed by atoms with E-state index >= 15 is 0 Å². The lowest BCUT2D eigenvalue weighted by Crippen LogP contribution is -2.54. The van der Waals surface area contributed by atoms with Gasteiger partial charge in [0.2, 0.25) is 0 Å². The van der Waals surface area contributed by atoms with Gasteiger partial charge in [-0.1, -0.05) is 18.2 Å². The van der Waals surface area contributed by atoms with E-state index in [4.69, 9.17) is 17.0 Å². The SMILES string of the molecule is C=CCNC(=S)N1CCC2(CC1)CC(=O)c1ccccc1O2. The molecule has 1 fully saturated rings. The van der Waals surface area contributed by atoms with Gasteiger partial charge in [0.05, 0.1) is 12.0 Å². The Morgan fingerprint density at radius 2 is 2.14 bits per heavy atom. The second kappa shape index (κ2) is 6.08. The number of piperidine rings is 1. The van der Waals surface area contributed by atoms with Crippen LogP contribution in [0.1, 0.15) is 29.6 Å². The first-order valence-electron chi connectivity index (χ1n) is 7.58. The van der Waals surface area contributed by atoms with Crippen molar-refractivity contribution < 1.29 is 9.53 Å². The molecule has 0 atom stereocenters. The first kappa shape index (κ1) is 15.0. The van der Waals surface area contributed by atoms with Crippen LogP contribution < -0.4 is 10.1 Å². The number of likely N-dealkylation sites (tertiary alicyclic amines) is 1. The molecule has 0 bridgehead atoms. The summed E-state index contributed by atoms with van der Waals surface area (Å²) in [7, 11) is 0. The molecule has 0 aliphatic carbocycles. The predicted octanol–water partition coefficient (Wildman–Crippen LogP) is 2.55. The summed E-state index contributed by atoms with van der Waals surface area (Å²) >= 11 is 5.37.